The van der Waals surface area contributed by atoms with Gasteiger partial charge in [-0.25, -0.2) is 0 Å². The van der Waals surface area contributed by atoms with E-state index in [-0.39, 0.29) is 6.04 Å². The van der Waals surface area contributed by atoms with Gasteiger partial charge < -0.3 is 10.5 Å². The molecule has 19 heavy (non-hydrogen) atoms. The number of nitrogens with zero attached hydrogens (tertiary/aromatic N) is 2. The summed E-state index contributed by atoms with van der Waals surface area (Å²) in [5, 5.41) is 4.86. The average molecular weight is 280 g/mol. The van der Waals surface area contributed by atoms with E-state index in [0.717, 1.165) is 22.7 Å². The molecule has 2 aromatic rings. The minimum absolute atomic E-state index is 0.0478. The Bertz CT molecular complexity index is 605. The van der Waals surface area contributed by atoms with Crippen LogP contribution in [0.4, 0.5) is 0 Å². The fourth-order valence-corrected chi connectivity index (χ4v) is 2.12. The second-order valence-corrected chi connectivity index (χ2v) is 5.11. The molecule has 1 aromatic heterocycles. The van der Waals surface area contributed by atoms with Gasteiger partial charge in [0.1, 0.15) is 11.4 Å². The van der Waals surface area contributed by atoms with Gasteiger partial charge in [-0.1, -0.05) is 17.7 Å². The molecular weight excluding hydrogens is 262 g/mol. The van der Waals surface area contributed by atoms with Crippen molar-refractivity contribution in [3.63, 3.8) is 0 Å². The van der Waals surface area contributed by atoms with Crippen LogP contribution in [0.2, 0.25) is 5.02 Å². The van der Waals surface area contributed by atoms with E-state index in [0.29, 0.717) is 10.8 Å². The molecule has 0 saturated heterocycles. The molecular formula is C14H18ClN3O. The van der Waals surface area contributed by atoms with Crippen molar-refractivity contribution in [2.24, 2.45) is 12.8 Å². The smallest absolute Gasteiger partial charge is 0.171 e. The van der Waals surface area contributed by atoms with Crippen molar-refractivity contribution in [3.8, 4) is 11.5 Å². The predicted molar refractivity (Wildman–Crippen MR) is 76.8 cm³/mol. The summed E-state index contributed by atoms with van der Waals surface area (Å²) < 4.78 is 7.66. The topological polar surface area (TPSA) is 53.1 Å². The van der Waals surface area contributed by atoms with Crippen LogP contribution in [-0.2, 0) is 7.05 Å². The Hall–Kier alpha value is -1.52. The van der Waals surface area contributed by atoms with Gasteiger partial charge in [0.2, 0.25) is 0 Å². The standard InChI is InChI=1S/C14H18ClN3O/c1-8(16)11-5-6-13(12(15)7-11)19-14-9(2)17-18(4)10(14)3/h5-8H,16H2,1-4H3. The van der Waals surface area contributed by atoms with E-state index in [1.54, 1.807) is 4.68 Å². The Morgan fingerprint density at radius 1 is 1.37 bits per heavy atom. The fraction of sp³-hybridized carbons (Fsp3) is 0.357. The number of nitrogens with two attached hydrogens (primary N) is 1. The summed E-state index contributed by atoms with van der Waals surface area (Å²) in [6, 6.07) is 5.55. The van der Waals surface area contributed by atoms with Gasteiger partial charge >= 0.3 is 0 Å². The van der Waals surface area contributed by atoms with E-state index >= 15 is 0 Å². The zero-order valence-corrected chi connectivity index (χ0v) is 12.3. The van der Waals surface area contributed by atoms with E-state index < -0.39 is 0 Å². The number of hydrogen-bond acceptors (Lipinski definition) is 3. The van der Waals surface area contributed by atoms with Crippen LogP contribution in [0.5, 0.6) is 11.5 Å². The lowest BCUT2D eigenvalue weighted by Crippen LogP contribution is -2.04. The highest BCUT2D eigenvalue weighted by molar-refractivity contribution is 6.32. The minimum atomic E-state index is -0.0478. The molecule has 0 fully saturated rings. The van der Waals surface area contributed by atoms with Crippen LogP contribution >= 0.6 is 11.6 Å². The van der Waals surface area contributed by atoms with Gasteiger partial charge in [-0.15, -0.1) is 0 Å². The zero-order valence-electron chi connectivity index (χ0n) is 11.6. The second kappa shape index (κ2) is 5.23. The van der Waals surface area contributed by atoms with E-state index in [9.17, 15) is 0 Å². The summed E-state index contributed by atoms with van der Waals surface area (Å²) >= 11 is 6.23. The van der Waals surface area contributed by atoms with Gasteiger partial charge in [0.15, 0.2) is 5.75 Å². The maximum atomic E-state index is 6.23. The number of aryl methyl sites for hydroxylation is 2. The lowest BCUT2D eigenvalue weighted by molar-refractivity contribution is 0.474. The number of ether oxygens (including phenoxy) is 1. The lowest BCUT2D eigenvalue weighted by atomic mass is 10.1. The third-order valence-corrected chi connectivity index (χ3v) is 3.43. The van der Waals surface area contributed by atoms with Gasteiger partial charge in [0.05, 0.1) is 10.7 Å². The number of rotatable bonds is 3. The van der Waals surface area contributed by atoms with Crippen molar-refractivity contribution in [3.05, 3.63) is 40.2 Å². The molecule has 0 bridgehead atoms. The Morgan fingerprint density at radius 2 is 2.05 bits per heavy atom. The number of halogens is 1. The number of benzene rings is 1. The molecule has 0 saturated carbocycles. The summed E-state index contributed by atoms with van der Waals surface area (Å²) in [4.78, 5) is 0. The largest absolute Gasteiger partial charge is 0.452 e. The third-order valence-electron chi connectivity index (χ3n) is 3.14. The van der Waals surface area contributed by atoms with Crippen LogP contribution in [0.1, 0.15) is 29.9 Å². The molecule has 2 N–H and O–H groups in total. The first kappa shape index (κ1) is 13.9. The molecule has 0 aliphatic carbocycles. The highest BCUT2D eigenvalue weighted by Crippen LogP contribution is 2.34. The van der Waals surface area contributed by atoms with Crippen molar-refractivity contribution < 1.29 is 4.74 Å². The maximum Gasteiger partial charge on any atom is 0.171 e. The maximum absolute atomic E-state index is 6.23. The number of aromatic nitrogens is 2. The molecule has 102 valence electrons. The van der Waals surface area contributed by atoms with Crippen molar-refractivity contribution >= 4 is 11.6 Å². The van der Waals surface area contributed by atoms with Crippen LogP contribution < -0.4 is 10.5 Å². The van der Waals surface area contributed by atoms with E-state index in [1.807, 2.05) is 46.0 Å². The molecule has 2 rings (SSSR count). The summed E-state index contributed by atoms with van der Waals surface area (Å²) in [5.41, 5.74) is 8.61. The van der Waals surface area contributed by atoms with Crippen molar-refractivity contribution in [2.75, 3.05) is 0 Å². The molecule has 1 unspecified atom stereocenters. The predicted octanol–water partition coefficient (Wildman–Crippen LogP) is 3.50. The molecule has 4 nitrogen and oxygen atoms in total. The normalized spacial score (nSPS) is 12.5. The first-order valence-electron chi connectivity index (χ1n) is 6.13. The molecule has 1 aromatic carbocycles. The summed E-state index contributed by atoms with van der Waals surface area (Å²) in [5.74, 6) is 1.36. The summed E-state index contributed by atoms with van der Waals surface area (Å²) in [6.07, 6.45) is 0. The molecule has 0 radical (unpaired) electrons. The van der Waals surface area contributed by atoms with E-state index in [1.165, 1.54) is 0 Å². The van der Waals surface area contributed by atoms with Crippen LogP contribution in [0.25, 0.3) is 0 Å². The Kier molecular flexibility index (Phi) is 3.83. The Balaban J connectivity index is 2.34. The van der Waals surface area contributed by atoms with Crippen molar-refractivity contribution in [1.29, 1.82) is 0 Å². The molecule has 1 heterocycles. The minimum Gasteiger partial charge on any atom is -0.452 e. The summed E-state index contributed by atoms with van der Waals surface area (Å²) in [6.45, 7) is 5.79. The van der Waals surface area contributed by atoms with Crippen LogP contribution in [-0.4, -0.2) is 9.78 Å². The highest BCUT2D eigenvalue weighted by atomic mass is 35.5. The molecule has 0 spiro atoms. The molecule has 0 aliphatic heterocycles. The first-order chi connectivity index (χ1) is 8.90. The van der Waals surface area contributed by atoms with Crippen LogP contribution in [0.15, 0.2) is 18.2 Å². The van der Waals surface area contributed by atoms with E-state index in [4.69, 9.17) is 22.1 Å². The highest BCUT2D eigenvalue weighted by Gasteiger charge is 2.14. The second-order valence-electron chi connectivity index (χ2n) is 4.70. The molecule has 0 aliphatic rings. The van der Waals surface area contributed by atoms with Crippen LogP contribution in [0, 0.1) is 13.8 Å². The van der Waals surface area contributed by atoms with Crippen molar-refractivity contribution in [1.82, 2.24) is 9.78 Å². The zero-order chi connectivity index (χ0) is 14.2. The Labute approximate surface area is 118 Å². The van der Waals surface area contributed by atoms with Crippen molar-refractivity contribution in [2.45, 2.75) is 26.8 Å². The van der Waals surface area contributed by atoms with Gasteiger partial charge in [-0.05, 0) is 38.5 Å². The SMILES string of the molecule is Cc1nn(C)c(C)c1Oc1ccc(C(C)N)cc1Cl. The quantitative estimate of drug-likeness (QED) is 0.935. The van der Waals surface area contributed by atoms with Gasteiger partial charge in [0, 0.05) is 13.1 Å². The molecule has 1 atom stereocenters. The summed E-state index contributed by atoms with van der Waals surface area (Å²) in [7, 11) is 1.88. The lowest BCUT2D eigenvalue weighted by Gasteiger charge is -2.11. The Morgan fingerprint density at radius 3 is 2.53 bits per heavy atom. The number of hydrogen-bond donors (Lipinski definition) is 1. The average Bonchev–Trinajstić information content (AvgIpc) is 2.58. The fourth-order valence-electron chi connectivity index (χ4n) is 1.89. The molecule has 0 amide bonds. The van der Waals surface area contributed by atoms with Crippen LogP contribution in [0.3, 0.4) is 0 Å². The monoisotopic (exact) mass is 279 g/mol. The van der Waals surface area contributed by atoms with Gasteiger partial charge in [0.25, 0.3) is 0 Å². The molecule has 5 heteroatoms. The van der Waals surface area contributed by atoms with Gasteiger partial charge in [-0.3, -0.25) is 4.68 Å². The van der Waals surface area contributed by atoms with E-state index in [2.05, 4.69) is 5.10 Å². The third kappa shape index (κ3) is 2.74. The van der Waals surface area contributed by atoms with Gasteiger partial charge in [-0.2, -0.15) is 5.10 Å². The first-order valence-corrected chi connectivity index (χ1v) is 6.51.